The second-order valence-corrected chi connectivity index (χ2v) is 6.39. The normalized spacial score (nSPS) is 11.2. The van der Waals surface area contributed by atoms with E-state index in [9.17, 15) is 13.2 Å². The maximum Gasteiger partial charge on any atom is 0.265 e. The van der Waals surface area contributed by atoms with Gasteiger partial charge in [-0.25, -0.2) is 8.42 Å². The third-order valence-corrected chi connectivity index (χ3v) is 3.92. The van der Waals surface area contributed by atoms with E-state index >= 15 is 0 Å². The summed E-state index contributed by atoms with van der Waals surface area (Å²) in [5.74, 6) is -0.125. The number of halogens is 1. The molecule has 1 aromatic rings. The second kappa shape index (κ2) is 6.25. The highest BCUT2D eigenvalue weighted by Gasteiger charge is 2.20. The fraction of sp³-hybridized carbons (Fsp3) is 0.417. The molecule has 0 unspecified atom stereocenters. The van der Waals surface area contributed by atoms with Crippen molar-refractivity contribution in [1.82, 2.24) is 4.90 Å². The number of carbonyl (C=O) groups excluding carboxylic acids is 1. The van der Waals surface area contributed by atoms with E-state index < -0.39 is 9.05 Å². The van der Waals surface area contributed by atoms with Crippen LogP contribution in [0.3, 0.4) is 0 Å². The van der Waals surface area contributed by atoms with E-state index in [1.54, 1.807) is 14.0 Å². The number of rotatable bonds is 5. The van der Waals surface area contributed by atoms with Gasteiger partial charge >= 0.3 is 0 Å². The fourth-order valence-corrected chi connectivity index (χ4v) is 2.47. The van der Waals surface area contributed by atoms with Crippen molar-refractivity contribution in [1.29, 1.82) is 0 Å². The first kappa shape index (κ1) is 15.8. The molecule has 0 aliphatic rings. The molecule has 0 fully saturated rings. The van der Waals surface area contributed by atoms with Crippen molar-refractivity contribution < 1.29 is 17.9 Å². The van der Waals surface area contributed by atoms with E-state index in [1.165, 1.54) is 23.1 Å². The first-order valence-corrected chi connectivity index (χ1v) is 8.09. The number of nitrogens with zero attached hydrogens (tertiary/aromatic N) is 1. The van der Waals surface area contributed by atoms with Gasteiger partial charge in [-0.1, -0.05) is 0 Å². The molecule has 0 saturated carbocycles. The topological polar surface area (TPSA) is 63.7 Å². The predicted octanol–water partition coefficient (Wildman–Crippen LogP) is 2.10. The lowest BCUT2D eigenvalue weighted by Gasteiger charge is -2.15. The van der Waals surface area contributed by atoms with Gasteiger partial charge in [-0.15, -0.1) is 0 Å². The maximum absolute atomic E-state index is 12.0. The molecule has 106 valence electrons. The Bertz CT molecular complexity index is 571. The maximum atomic E-state index is 12.0. The first-order valence-electron chi connectivity index (χ1n) is 5.78. The van der Waals surface area contributed by atoms with E-state index in [-0.39, 0.29) is 22.1 Å². The molecule has 0 aliphatic carbocycles. The third-order valence-electron chi connectivity index (χ3n) is 2.57. The van der Waals surface area contributed by atoms with Gasteiger partial charge in [0, 0.05) is 29.8 Å². The van der Waals surface area contributed by atoms with Crippen LogP contribution in [0.5, 0.6) is 5.75 Å². The van der Waals surface area contributed by atoms with Crippen LogP contribution in [-0.2, 0) is 9.05 Å². The van der Waals surface area contributed by atoms with Crippen molar-refractivity contribution in [3.63, 3.8) is 0 Å². The Morgan fingerprint density at radius 1 is 1.37 bits per heavy atom. The Balaban J connectivity index is 3.30. The van der Waals surface area contributed by atoms with Crippen LogP contribution in [0.2, 0.25) is 0 Å². The standard InChI is InChI=1S/C12H16ClNO4S/c1-4-14(3)12(15)9-6-7-10(18-5-2)11(8-9)19(13,16)17/h6-8H,4-5H2,1-3H3. The Labute approximate surface area is 117 Å². The molecule has 19 heavy (non-hydrogen) atoms. The number of benzene rings is 1. The van der Waals surface area contributed by atoms with E-state index in [2.05, 4.69) is 0 Å². The van der Waals surface area contributed by atoms with Crippen molar-refractivity contribution in [3.05, 3.63) is 23.8 Å². The summed E-state index contributed by atoms with van der Waals surface area (Å²) in [5, 5.41) is 0. The summed E-state index contributed by atoms with van der Waals surface area (Å²) in [6.45, 7) is 4.39. The molecular formula is C12H16ClNO4S. The molecule has 1 aromatic carbocycles. The average molecular weight is 306 g/mol. The summed E-state index contributed by atoms with van der Waals surface area (Å²) in [5.41, 5.74) is 0.257. The van der Waals surface area contributed by atoms with Gasteiger partial charge in [-0.2, -0.15) is 0 Å². The van der Waals surface area contributed by atoms with Crippen LogP contribution in [0.4, 0.5) is 0 Å². The summed E-state index contributed by atoms with van der Waals surface area (Å²) in [6, 6.07) is 4.20. The van der Waals surface area contributed by atoms with E-state index in [0.717, 1.165) is 0 Å². The smallest absolute Gasteiger partial charge is 0.265 e. The van der Waals surface area contributed by atoms with Gasteiger partial charge in [0.2, 0.25) is 0 Å². The number of hydrogen-bond acceptors (Lipinski definition) is 4. The van der Waals surface area contributed by atoms with Crippen molar-refractivity contribution in [2.45, 2.75) is 18.7 Å². The molecule has 0 heterocycles. The molecule has 0 radical (unpaired) electrons. The highest BCUT2D eigenvalue weighted by molar-refractivity contribution is 8.13. The van der Waals surface area contributed by atoms with Crippen molar-refractivity contribution in [2.75, 3.05) is 20.2 Å². The van der Waals surface area contributed by atoms with Crippen LogP contribution in [0, 0.1) is 0 Å². The number of carbonyl (C=O) groups is 1. The molecule has 0 N–H and O–H groups in total. The average Bonchev–Trinajstić information content (AvgIpc) is 2.36. The molecule has 5 nitrogen and oxygen atoms in total. The van der Waals surface area contributed by atoms with E-state index in [1.807, 2.05) is 6.92 Å². The molecule has 0 bridgehead atoms. The van der Waals surface area contributed by atoms with Crippen molar-refractivity contribution in [2.24, 2.45) is 0 Å². The van der Waals surface area contributed by atoms with E-state index in [4.69, 9.17) is 15.4 Å². The van der Waals surface area contributed by atoms with Gasteiger partial charge in [0.05, 0.1) is 6.61 Å². The molecule has 0 aliphatic heterocycles. The summed E-state index contributed by atoms with van der Waals surface area (Å²) in [4.78, 5) is 13.3. The lowest BCUT2D eigenvalue weighted by atomic mass is 10.2. The monoisotopic (exact) mass is 305 g/mol. The Morgan fingerprint density at radius 2 is 2.00 bits per heavy atom. The lowest BCUT2D eigenvalue weighted by Crippen LogP contribution is -2.26. The SMILES string of the molecule is CCOc1ccc(C(=O)N(C)CC)cc1S(=O)(=O)Cl. The summed E-state index contributed by atoms with van der Waals surface area (Å²) in [7, 11) is 3.02. The summed E-state index contributed by atoms with van der Waals surface area (Å²) < 4.78 is 28.2. The molecule has 0 atom stereocenters. The van der Waals surface area contributed by atoms with Gasteiger partial charge < -0.3 is 9.64 Å². The number of hydrogen-bond donors (Lipinski definition) is 0. The molecule has 0 aromatic heterocycles. The minimum Gasteiger partial charge on any atom is -0.492 e. The zero-order valence-corrected chi connectivity index (χ0v) is 12.6. The minimum absolute atomic E-state index is 0.146. The van der Waals surface area contributed by atoms with Crippen LogP contribution in [0.25, 0.3) is 0 Å². The fourth-order valence-electron chi connectivity index (χ4n) is 1.47. The van der Waals surface area contributed by atoms with Crippen LogP contribution < -0.4 is 4.74 Å². The predicted molar refractivity (Wildman–Crippen MR) is 73.3 cm³/mol. The van der Waals surface area contributed by atoms with Crippen LogP contribution >= 0.6 is 10.7 Å². The van der Waals surface area contributed by atoms with Gasteiger partial charge in [0.25, 0.3) is 15.0 Å². The van der Waals surface area contributed by atoms with Crippen molar-refractivity contribution in [3.8, 4) is 5.75 Å². The Kier molecular flexibility index (Phi) is 5.20. The van der Waals surface area contributed by atoms with Crippen LogP contribution in [0.1, 0.15) is 24.2 Å². The zero-order valence-electron chi connectivity index (χ0n) is 11.0. The summed E-state index contributed by atoms with van der Waals surface area (Å²) in [6.07, 6.45) is 0. The molecule has 0 spiro atoms. The first-order chi connectivity index (χ1) is 8.81. The van der Waals surface area contributed by atoms with Gasteiger partial charge in [-0.05, 0) is 32.0 Å². The van der Waals surface area contributed by atoms with Crippen molar-refractivity contribution >= 4 is 25.6 Å². The van der Waals surface area contributed by atoms with Crippen LogP contribution in [-0.4, -0.2) is 39.4 Å². The third kappa shape index (κ3) is 3.84. The zero-order chi connectivity index (χ0) is 14.6. The quantitative estimate of drug-likeness (QED) is 0.782. The molecule has 1 rings (SSSR count). The largest absolute Gasteiger partial charge is 0.492 e. The van der Waals surface area contributed by atoms with Gasteiger partial charge in [0.1, 0.15) is 10.6 Å². The van der Waals surface area contributed by atoms with Gasteiger partial charge in [-0.3, -0.25) is 4.79 Å². The minimum atomic E-state index is -3.97. The second-order valence-electron chi connectivity index (χ2n) is 3.85. The van der Waals surface area contributed by atoms with E-state index in [0.29, 0.717) is 13.2 Å². The highest BCUT2D eigenvalue weighted by atomic mass is 35.7. The molecule has 0 saturated heterocycles. The molecule has 1 amide bonds. The lowest BCUT2D eigenvalue weighted by molar-refractivity contribution is 0.0802. The summed E-state index contributed by atoms with van der Waals surface area (Å²) >= 11 is 0. The molecular weight excluding hydrogens is 290 g/mol. The van der Waals surface area contributed by atoms with Gasteiger partial charge in [0.15, 0.2) is 0 Å². The van der Waals surface area contributed by atoms with Crippen LogP contribution in [0.15, 0.2) is 23.1 Å². The Morgan fingerprint density at radius 3 is 2.47 bits per heavy atom. The Hall–Kier alpha value is -1.27. The number of ether oxygens (including phenoxy) is 1. The number of amides is 1. The highest BCUT2D eigenvalue weighted by Crippen LogP contribution is 2.28. The molecule has 7 heteroatoms.